The Morgan fingerprint density at radius 1 is 1.25 bits per heavy atom. The third-order valence-electron chi connectivity index (χ3n) is 5.96. The van der Waals surface area contributed by atoms with Crippen LogP contribution in [-0.2, 0) is 4.74 Å². The number of benzene rings is 1. The number of hydrogen-bond donors (Lipinski definition) is 1. The van der Waals surface area contributed by atoms with Crippen molar-refractivity contribution in [1.29, 1.82) is 0 Å². The maximum Gasteiger partial charge on any atom is 0.270 e. The minimum Gasteiger partial charge on any atom is -0.379 e. The number of morpholine rings is 1. The van der Waals surface area contributed by atoms with Gasteiger partial charge in [-0.2, -0.15) is 0 Å². The number of amides is 1. The zero-order valence-corrected chi connectivity index (χ0v) is 16.8. The summed E-state index contributed by atoms with van der Waals surface area (Å²) in [6.45, 7) is 3.78. The van der Waals surface area contributed by atoms with Crippen LogP contribution in [0, 0.1) is 10.1 Å². The third kappa shape index (κ3) is 4.44. The lowest BCUT2D eigenvalue weighted by Gasteiger charge is -2.48. The van der Waals surface area contributed by atoms with E-state index >= 15 is 0 Å². The number of non-ortho nitro benzene ring substituents is 1. The Labute approximate surface area is 166 Å². The highest BCUT2D eigenvalue weighted by atomic mass is 16.6. The molecule has 154 valence electrons. The number of carbonyl (C=O) groups excluding carboxylic acids is 1. The van der Waals surface area contributed by atoms with E-state index in [-0.39, 0.29) is 17.1 Å². The van der Waals surface area contributed by atoms with Crippen molar-refractivity contribution in [3.05, 3.63) is 33.9 Å². The van der Waals surface area contributed by atoms with Crippen LogP contribution in [0.4, 0.5) is 11.4 Å². The zero-order chi connectivity index (χ0) is 20.1. The molecule has 3 rings (SSSR count). The minimum atomic E-state index is -0.466. The predicted octanol–water partition coefficient (Wildman–Crippen LogP) is 2.43. The maximum atomic E-state index is 13.0. The van der Waals surface area contributed by atoms with Gasteiger partial charge in [0.1, 0.15) is 0 Å². The molecule has 1 aromatic carbocycles. The number of carbonyl (C=O) groups is 1. The van der Waals surface area contributed by atoms with E-state index in [0.717, 1.165) is 52.0 Å². The van der Waals surface area contributed by atoms with Crippen molar-refractivity contribution in [1.82, 2.24) is 10.2 Å². The van der Waals surface area contributed by atoms with E-state index in [1.54, 1.807) is 11.0 Å². The Morgan fingerprint density at radius 2 is 1.93 bits per heavy atom. The van der Waals surface area contributed by atoms with Gasteiger partial charge in [0, 0.05) is 57.1 Å². The van der Waals surface area contributed by atoms with Crippen molar-refractivity contribution in [3.8, 4) is 0 Å². The van der Waals surface area contributed by atoms with E-state index in [9.17, 15) is 14.9 Å². The first-order valence-electron chi connectivity index (χ1n) is 10.00. The van der Waals surface area contributed by atoms with E-state index in [1.807, 2.05) is 14.1 Å². The van der Waals surface area contributed by atoms with Gasteiger partial charge in [-0.15, -0.1) is 0 Å². The highest BCUT2D eigenvalue weighted by molar-refractivity contribution is 6.00. The molecule has 1 aliphatic heterocycles. The zero-order valence-electron chi connectivity index (χ0n) is 16.8. The summed E-state index contributed by atoms with van der Waals surface area (Å²) in [6, 6.07) is 4.43. The molecule has 1 amide bonds. The van der Waals surface area contributed by atoms with Crippen LogP contribution in [0.1, 0.15) is 42.5 Å². The summed E-state index contributed by atoms with van der Waals surface area (Å²) in [6.07, 6.45) is 5.67. The van der Waals surface area contributed by atoms with Gasteiger partial charge in [0.25, 0.3) is 11.6 Å². The van der Waals surface area contributed by atoms with Gasteiger partial charge < -0.3 is 15.0 Å². The largest absolute Gasteiger partial charge is 0.379 e. The number of rotatable bonds is 6. The van der Waals surface area contributed by atoms with Crippen LogP contribution in [-0.4, -0.2) is 68.2 Å². The topological polar surface area (TPSA) is 87.9 Å². The standard InChI is InChI=1S/C20H30N4O4/c1-22(2)18-7-6-16(24(26)27)14-17(18)19(25)21-15-20(8-4-3-5-9-20)23-10-12-28-13-11-23/h6-7,14H,3-5,8-13,15H2,1-2H3,(H,21,25). The summed E-state index contributed by atoms with van der Waals surface area (Å²) >= 11 is 0. The van der Waals surface area contributed by atoms with Crippen molar-refractivity contribution in [2.75, 3.05) is 51.8 Å². The lowest BCUT2D eigenvalue weighted by atomic mass is 9.79. The highest BCUT2D eigenvalue weighted by Crippen LogP contribution is 2.34. The number of nitro benzene ring substituents is 1. The van der Waals surface area contributed by atoms with Crippen molar-refractivity contribution in [2.24, 2.45) is 0 Å². The molecule has 0 atom stereocenters. The van der Waals surface area contributed by atoms with Gasteiger partial charge in [0.15, 0.2) is 0 Å². The molecule has 0 unspecified atom stereocenters. The number of anilines is 1. The lowest BCUT2D eigenvalue weighted by Crippen LogP contribution is -2.59. The fourth-order valence-electron chi connectivity index (χ4n) is 4.40. The fourth-order valence-corrected chi connectivity index (χ4v) is 4.40. The second kappa shape index (κ2) is 8.87. The first-order chi connectivity index (χ1) is 13.4. The lowest BCUT2D eigenvalue weighted by molar-refractivity contribution is -0.384. The fraction of sp³-hybridized carbons (Fsp3) is 0.650. The quantitative estimate of drug-likeness (QED) is 0.593. The number of hydrogen-bond acceptors (Lipinski definition) is 6. The second-order valence-electron chi connectivity index (χ2n) is 7.92. The van der Waals surface area contributed by atoms with Crippen LogP contribution in [0.25, 0.3) is 0 Å². The van der Waals surface area contributed by atoms with E-state index in [1.165, 1.54) is 18.6 Å². The molecule has 1 N–H and O–H groups in total. The summed E-state index contributed by atoms with van der Waals surface area (Å²) in [5.41, 5.74) is 0.895. The van der Waals surface area contributed by atoms with Crippen molar-refractivity contribution < 1.29 is 14.5 Å². The molecule has 0 aromatic heterocycles. The molecule has 2 fully saturated rings. The Balaban J connectivity index is 1.79. The van der Waals surface area contributed by atoms with Crippen LogP contribution < -0.4 is 10.2 Å². The average Bonchev–Trinajstić information content (AvgIpc) is 2.72. The van der Waals surface area contributed by atoms with Gasteiger partial charge in [-0.1, -0.05) is 19.3 Å². The average molecular weight is 390 g/mol. The second-order valence-corrected chi connectivity index (χ2v) is 7.92. The van der Waals surface area contributed by atoms with Crippen LogP contribution >= 0.6 is 0 Å². The highest BCUT2D eigenvalue weighted by Gasteiger charge is 2.39. The van der Waals surface area contributed by atoms with Crippen LogP contribution in [0.5, 0.6) is 0 Å². The summed E-state index contributed by atoms with van der Waals surface area (Å²) < 4.78 is 5.51. The summed E-state index contributed by atoms with van der Waals surface area (Å²) in [5, 5.41) is 14.3. The molecule has 0 spiro atoms. The Kier molecular flexibility index (Phi) is 6.51. The molecular formula is C20H30N4O4. The summed E-state index contributed by atoms with van der Waals surface area (Å²) in [5.74, 6) is -0.259. The number of nitro groups is 1. The van der Waals surface area contributed by atoms with Gasteiger partial charge in [0.05, 0.1) is 23.7 Å². The molecular weight excluding hydrogens is 360 g/mol. The minimum absolute atomic E-state index is 0.0450. The van der Waals surface area contributed by atoms with Gasteiger partial charge in [-0.3, -0.25) is 19.8 Å². The van der Waals surface area contributed by atoms with Crippen LogP contribution in [0.3, 0.4) is 0 Å². The SMILES string of the molecule is CN(C)c1ccc([N+](=O)[O-])cc1C(=O)NCC1(N2CCOCC2)CCCCC1. The summed E-state index contributed by atoms with van der Waals surface area (Å²) in [7, 11) is 3.66. The van der Waals surface area contributed by atoms with Gasteiger partial charge in [0.2, 0.25) is 0 Å². The molecule has 8 heteroatoms. The Morgan fingerprint density at radius 3 is 2.54 bits per heavy atom. The molecule has 1 heterocycles. The van der Waals surface area contributed by atoms with Crippen molar-refractivity contribution in [2.45, 2.75) is 37.6 Å². The Hall–Kier alpha value is -2.19. The number of ether oxygens (including phenoxy) is 1. The molecule has 1 saturated heterocycles. The predicted molar refractivity (Wildman–Crippen MR) is 108 cm³/mol. The van der Waals surface area contributed by atoms with E-state index in [0.29, 0.717) is 17.8 Å². The molecule has 0 radical (unpaired) electrons. The van der Waals surface area contributed by atoms with E-state index in [4.69, 9.17) is 4.74 Å². The summed E-state index contributed by atoms with van der Waals surface area (Å²) in [4.78, 5) is 28.0. The van der Waals surface area contributed by atoms with Gasteiger partial charge >= 0.3 is 0 Å². The number of nitrogens with zero attached hydrogens (tertiary/aromatic N) is 3. The molecule has 0 bridgehead atoms. The van der Waals surface area contributed by atoms with Crippen molar-refractivity contribution >= 4 is 17.3 Å². The van der Waals surface area contributed by atoms with E-state index in [2.05, 4.69) is 10.2 Å². The van der Waals surface area contributed by atoms with E-state index < -0.39 is 4.92 Å². The van der Waals surface area contributed by atoms with Gasteiger partial charge in [-0.25, -0.2) is 0 Å². The number of nitrogens with one attached hydrogen (secondary N) is 1. The molecule has 1 aromatic rings. The first-order valence-corrected chi connectivity index (χ1v) is 10.00. The van der Waals surface area contributed by atoms with Gasteiger partial charge in [-0.05, 0) is 18.9 Å². The monoisotopic (exact) mass is 390 g/mol. The molecule has 1 aliphatic carbocycles. The van der Waals surface area contributed by atoms with Crippen LogP contribution in [0.15, 0.2) is 18.2 Å². The molecule has 28 heavy (non-hydrogen) atoms. The normalized spacial score (nSPS) is 19.8. The Bertz CT molecular complexity index is 710. The smallest absolute Gasteiger partial charge is 0.270 e. The molecule has 2 aliphatic rings. The molecule has 1 saturated carbocycles. The molecule has 8 nitrogen and oxygen atoms in total. The van der Waals surface area contributed by atoms with Crippen molar-refractivity contribution in [3.63, 3.8) is 0 Å². The van der Waals surface area contributed by atoms with Crippen LogP contribution in [0.2, 0.25) is 0 Å². The first kappa shape index (κ1) is 20.5. The maximum absolute atomic E-state index is 13.0. The third-order valence-corrected chi connectivity index (χ3v) is 5.96.